The normalized spacial score (nSPS) is 18.1. The van der Waals surface area contributed by atoms with Crippen LogP contribution in [0, 0.1) is 0 Å². The molecule has 0 bridgehead atoms. The van der Waals surface area contributed by atoms with Gasteiger partial charge in [-0.15, -0.1) is 0 Å². The highest BCUT2D eigenvalue weighted by Gasteiger charge is 2.27. The van der Waals surface area contributed by atoms with Crippen molar-refractivity contribution in [2.75, 3.05) is 19.7 Å². The van der Waals surface area contributed by atoms with E-state index in [1.165, 1.54) is 0 Å². The number of likely N-dealkylation sites (tertiary alicyclic amines) is 1. The second kappa shape index (κ2) is 7.13. The molecule has 1 saturated heterocycles. The van der Waals surface area contributed by atoms with Crippen molar-refractivity contribution in [2.45, 2.75) is 45.1 Å². The second-order valence-electron chi connectivity index (χ2n) is 7.08. The molecule has 1 aliphatic heterocycles. The van der Waals surface area contributed by atoms with E-state index in [1.807, 2.05) is 12.1 Å². The Morgan fingerprint density at radius 1 is 1.26 bits per heavy atom. The second-order valence-corrected chi connectivity index (χ2v) is 7.08. The van der Waals surface area contributed by atoms with E-state index in [1.54, 1.807) is 17.0 Å². The molecule has 1 aromatic rings. The van der Waals surface area contributed by atoms with Gasteiger partial charge in [-0.1, -0.05) is 32.9 Å². The van der Waals surface area contributed by atoms with Crippen molar-refractivity contribution in [1.29, 1.82) is 0 Å². The molecule has 0 unspecified atom stereocenters. The molecule has 0 aliphatic carbocycles. The fourth-order valence-electron chi connectivity index (χ4n) is 2.83. The van der Waals surface area contributed by atoms with Gasteiger partial charge in [0.05, 0.1) is 19.2 Å². The maximum atomic E-state index is 12.1. The molecule has 23 heavy (non-hydrogen) atoms. The van der Waals surface area contributed by atoms with Crippen LogP contribution < -0.4 is 5.32 Å². The molecule has 5 heteroatoms. The van der Waals surface area contributed by atoms with E-state index in [-0.39, 0.29) is 36.4 Å². The van der Waals surface area contributed by atoms with Crippen molar-refractivity contribution < 1.29 is 14.7 Å². The third-order valence-corrected chi connectivity index (χ3v) is 4.32. The molecule has 1 aliphatic rings. The third-order valence-electron chi connectivity index (χ3n) is 4.32. The van der Waals surface area contributed by atoms with Crippen molar-refractivity contribution >= 4 is 11.8 Å². The quantitative estimate of drug-likeness (QED) is 0.888. The molecule has 2 N–H and O–H groups in total. The van der Waals surface area contributed by atoms with E-state index >= 15 is 0 Å². The Kier molecular flexibility index (Phi) is 5.42. The smallest absolute Gasteiger partial charge is 0.251 e. The Morgan fingerprint density at radius 3 is 2.48 bits per heavy atom. The van der Waals surface area contributed by atoms with Crippen LogP contribution in [0.4, 0.5) is 0 Å². The molecule has 1 aromatic carbocycles. The van der Waals surface area contributed by atoms with Crippen molar-refractivity contribution in [3.63, 3.8) is 0 Å². The number of aliphatic hydroxyl groups excluding tert-OH is 1. The van der Waals surface area contributed by atoms with Crippen LogP contribution in [0.5, 0.6) is 0 Å². The number of rotatable bonds is 4. The first-order valence-electron chi connectivity index (χ1n) is 8.12. The monoisotopic (exact) mass is 318 g/mol. The Bertz CT molecular complexity index is 561. The van der Waals surface area contributed by atoms with Crippen LogP contribution in [0.2, 0.25) is 0 Å². The number of carbonyl (C=O) groups excluding carboxylic acids is 2. The first kappa shape index (κ1) is 17.5. The summed E-state index contributed by atoms with van der Waals surface area (Å²) < 4.78 is 0. The number of benzene rings is 1. The molecular formula is C18H26N2O3. The highest BCUT2D eigenvalue weighted by molar-refractivity contribution is 5.96. The van der Waals surface area contributed by atoms with Gasteiger partial charge in [0.25, 0.3) is 5.91 Å². The van der Waals surface area contributed by atoms with Crippen molar-refractivity contribution in [3.05, 3.63) is 35.4 Å². The van der Waals surface area contributed by atoms with Gasteiger partial charge in [0, 0.05) is 12.1 Å². The molecule has 5 nitrogen and oxygen atoms in total. The number of hydrogen-bond donors (Lipinski definition) is 2. The predicted molar refractivity (Wildman–Crippen MR) is 89.3 cm³/mol. The largest absolute Gasteiger partial charge is 0.394 e. The molecule has 2 rings (SSSR count). The van der Waals surface area contributed by atoms with Crippen LogP contribution >= 0.6 is 0 Å². The van der Waals surface area contributed by atoms with Crippen molar-refractivity contribution in [1.82, 2.24) is 10.2 Å². The van der Waals surface area contributed by atoms with Gasteiger partial charge in [-0.05, 0) is 36.0 Å². The maximum absolute atomic E-state index is 12.1. The van der Waals surface area contributed by atoms with Crippen molar-refractivity contribution in [3.8, 4) is 0 Å². The average Bonchev–Trinajstić information content (AvgIpc) is 3.00. The number of carbonyl (C=O) groups is 2. The van der Waals surface area contributed by atoms with E-state index in [2.05, 4.69) is 26.1 Å². The van der Waals surface area contributed by atoms with E-state index in [9.17, 15) is 14.7 Å². The fourth-order valence-corrected chi connectivity index (χ4v) is 2.83. The van der Waals surface area contributed by atoms with Gasteiger partial charge < -0.3 is 15.3 Å². The van der Waals surface area contributed by atoms with E-state index in [0.29, 0.717) is 12.1 Å². The third kappa shape index (κ3) is 4.32. The molecule has 1 heterocycles. The lowest BCUT2D eigenvalue weighted by molar-refractivity contribution is -0.131. The Hall–Kier alpha value is -1.88. The fraction of sp³-hybridized carbons (Fsp3) is 0.556. The zero-order chi connectivity index (χ0) is 17.0. The minimum absolute atomic E-state index is 0.0199. The summed E-state index contributed by atoms with van der Waals surface area (Å²) in [6.07, 6.45) is 1.73. The van der Waals surface area contributed by atoms with Crippen LogP contribution in [0.1, 0.15) is 49.5 Å². The number of nitrogens with one attached hydrogen (secondary N) is 1. The summed E-state index contributed by atoms with van der Waals surface area (Å²) in [7, 11) is 0. The minimum atomic E-state index is -0.251. The van der Waals surface area contributed by atoms with Crippen LogP contribution in [-0.4, -0.2) is 47.6 Å². The summed E-state index contributed by atoms with van der Waals surface area (Å²) in [6, 6.07) is 7.35. The molecule has 2 amide bonds. The number of aliphatic hydroxyl groups is 1. The SMILES string of the molecule is CC(C)(C)c1ccc(C(=O)NCC(=O)N2CCC[C@H]2CO)cc1. The van der Waals surface area contributed by atoms with Gasteiger partial charge >= 0.3 is 0 Å². The summed E-state index contributed by atoms with van der Waals surface area (Å²) in [5, 5.41) is 11.9. The molecular weight excluding hydrogens is 292 g/mol. The first-order valence-corrected chi connectivity index (χ1v) is 8.12. The summed E-state index contributed by atoms with van der Waals surface area (Å²) in [4.78, 5) is 25.9. The summed E-state index contributed by atoms with van der Waals surface area (Å²) >= 11 is 0. The summed E-state index contributed by atoms with van der Waals surface area (Å²) in [5.74, 6) is -0.389. The van der Waals surface area contributed by atoms with Crippen LogP contribution in [0.3, 0.4) is 0 Å². The Morgan fingerprint density at radius 2 is 1.91 bits per heavy atom. The summed E-state index contributed by atoms with van der Waals surface area (Å²) in [5.41, 5.74) is 1.75. The maximum Gasteiger partial charge on any atom is 0.251 e. The lowest BCUT2D eigenvalue weighted by Gasteiger charge is -2.23. The summed E-state index contributed by atoms with van der Waals surface area (Å²) in [6.45, 7) is 6.96. The molecule has 1 atom stereocenters. The van der Waals surface area contributed by atoms with Gasteiger partial charge in [0.2, 0.25) is 5.91 Å². The Labute approximate surface area is 137 Å². The Balaban J connectivity index is 1.91. The van der Waals surface area contributed by atoms with Crippen LogP contribution in [0.25, 0.3) is 0 Å². The van der Waals surface area contributed by atoms with Gasteiger partial charge in [-0.2, -0.15) is 0 Å². The average molecular weight is 318 g/mol. The zero-order valence-electron chi connectivity index (χ0n) is 14.1. The van der Waals surface area contributed by atoms with Gasteiger partial charge in [0.1, 0.15) is 0 Å². The number of hydrogen-bond acceptors (Lipinski definition) is 3. The molecule has 126 valence electrons. The number of amides is 2. The minimum Gasteiger partial charge on any atom is -0.394 e. The standard InChI is InChI=1S/C18H26N2O3/c1-18(2,3)14-8-6-13(7-9-14)17(23)19-11-16(22)20-10-4-5-15(20)12-21/h6-9,15,21H,4-5,10-12H2,1-3H3,(H,19,23)/t15-/m0/s1. The molecule has 0 radical (unpaired) electrons. The van der Waals surface area contributed by atoms with Crippen molar-refractivity contribution in [2.24, 2.45) is 0 Å². The van der Waals surface area contributed by atoms with E-state index < -0.39 is 0 Å². The lowest BCUT2D eigenvalue weighted by atomic mass is 9.87. The zero-order valence-corrected chi connectivity index (χ0v) is 14.1. The lowest BCUT2D eigenvalue weighted by Crippen LogP contribution is -2.43. The molecule has 0 saturated carbocycles. The molecule has 1 fully saturated rings. The first-order chi connectivity index (χ1) is 10.8. The predicted octanol–water partition coefficient (Wildman–Crippen LogP) is 1.70. The highest BCUT2D eigenvalue weighted by atomic mass is 16.3. The van der Waals surface area contributed by atoms with Crippen LogP contribution in [-0.2, 0) is 10.2 Å². The topological polar surface area (TPSA) is 69.6 Å². The van der Waals surface area contributed by atoms with Gasteiger partial charge in [-0.25, -0.2) is 0 Å². The molecule has 0 aromatic heterocycles. The van der Waals surface area contributed by atoms with Gasteiger partial charge in [0.15, 0.2) is 0 Å². The number of nitrogens with zero attached hydrogens (tertiary/aromatic N) is 1. The highest BCUT2D eigenvalue weighted by Crippen LogP contribution is 2.22. The van der Waals surface area contributed by atoms with E-state index in [0.717, 1.165) is 18.4 Å². The van der Waals surface area contributed by atoms with Gasteiger partial charge in [-0.3, -0.25) is 9.59 Å². The van der Waals surface area contributed by atoms with E-state index in [4.69, 9.17) is 0 Å². The molecule has 0 spiro atoms. The van der Waals surface area contributed by atoms with Crippen LogP contribution in [0.15, 0.2) is 24.3 Å².